The summed E-state index contributed by atoms with van der Waals surface area (Å²) in [5, 5.41) is 0. The van der Waals surface area contributed by atoms with Crippen LogP contribution in [0.2, 0.25) is 0 Å². The molecule has 0 nitrogen and oxygen atoms in total. The molecule has 0 radical (unpaired) electrons. The van der Waals surface area contributed by atoms with Crippen LogP contribution in [0.25, 0.3) is 0 Å². The van der Waals surface area contributed by atoms with Crippen LogP contribution in [0.15, 0.2) is 120 Å². The van der Waals surface area contributed by atoms with Crippen molar-refractivity contribution in [3.8, 4) is 0 Å². The van der Waals surface area contributed by atoms with E-state index in [9.17, 15) is 0 Å². The first kappa shape index (κ1) is 27.3. The van der Waals surface area contributed by atoms with E-state index in [1.165, 1.54) is 22.3 Å². The molecule has 144 valence electrons. The molecule has 0 spiro atoms. The van der Waals surface area contributed by atoms with Crippen LogP contribution < -0.4 is 24.8 Å². The van der Waals surface area contributed by atoms with E-state index in [0.717, 1.165) is 12.8 Å². The molecule has 0 N–H and O–H groups in total. The largest absolute Gasteiger partial charge is 4.00 e. The average molecular weight is 497 g/mol. The van der Waals surface area contributed by atoms with Gasteiger partial charge in [-0.1, -0.05) is 71.8 Å². The van der Waals surface area contributed by atoms with Crippen molar-refractivity contribution in [3.05, 3.63) is 144 Å². The van der Waals surface area contributed by atoms with Crippen molar-refractivity contribution < 1.29 is 51.0 Å². The molecule has 0 amide bonds. The Bertz CT molecular complexity index is 770. The quantitative estimate of drug-likeness (QED) is 0.530. The zero-order chi connectivity index (χ0) is 17.9. The molecule has 2 aromatic carbocycles. The third-order valence-corrected chi connectivity index (χ3v) is 4.05. The molecular weight excluding hydrogens is 474 g/mol. The van der Waals surface area contributed by atoms with Crippen molar-refractivity contribution in [1.82, 2.24) is 0 Å². The third-order valence-electron chi connectivity index (χ3n) is 4.05. The second-order valence-corrected chi connectivity index (χ2v) is 6.04. The van der Waals surface area contributed by atoms with E-state index in [2.05, 4.69) is 85.0 Å². The van der Waals surface area contributed by atoms with Crippen LogP contribution in [0.5, 0.6) is 0 Å². The Kier molecular flexibility index (Phi) is 15.3. The molecule has 0 heterocycles. The summed E-state index contributed by atoms with van der Waals surface area (Å²) in [6.07, 6.45) is 24.7. The van der Waals surface area contributed by atoms with Gasteiger partial charge in [-0.3, -0.25) is 0 Å². The first-order valence-corrected chi connectivity index (χ1v) is 8.91. The van der Waals surface area contributed by atoms with Crippen LogP contribution in [-0.4, -0.2) is 0 Å². The van der Waals surface area contributed by atoms with Crippen molar-refractivity contribution in [1.29, 1.82) is 0 Å². The van der Waals surface area contributed by atoms with Gasteiger partial charge in [0.05, 0.1) is 0 Å². The van der Waals surface area contributed by atoms with Crippen LogP contribution in [0.1, 0.15) is 11.1 Å². The van der Waals surface area contributed by atoms with Gasteiger partial charge in [-0.05, 0) is 12.8 Å². The van der Waals surface area contributed by atoms with Crippen molar-refractivity contribution >= 4 is 0 Å². The number of allylic oxidation sites excluding steroid dienone is 12. The summed E-state index contributed by atoms with van der Waals surface area (Å²) in [5.74, 6) is 0. The second-order valence-electron chi connectivity index (χ2n) is 6.04. The van der Waals surface area contributed by atoms with E-state index in [4.69, 9.17) is 0 Å². The minimum absolute atomic E-state index is 0. The number of hydrogen-bond acceptors (Lipinski definition) is 0. The molecule has 2 aliphatic carbocycles. The first-order valence-electron chi connectivity index (χ1n) is 8.91. The van der Waals surface area contributed by atoms with Crippen molar-refractivity contribution in [2.75, 3.05) is 0 Å². The molecule has 0 unspecified atom stereocenters. The van der Waals surface area contributed by atoms with E-state index in [-0.39, 0.29) is 51.0 Å². The maximum absolute atomic E-state index is 3.15. The van der Waals surface area contributed by atoms with Gasteiger partial charge >= 0.3 is 26.2 Å². The van der Waals surface area contributed by atoms with E-state index in [1.807, 2.05) is 36.4 Å². The zero-order valence-corrected chi connectivity index (χ0v) is 20.0. The van der Waals surface area contributed by atoms with Crippen molar-refractivity contribution in [3.63, 3.8) is 0 Å². The van der Waals surface area contributed by atoms with Crippen LogP contribution in [0.4, 0.5) is 0 Å². The average Bonchev–Trinajstić information content (AvgIpc) is 3.41. The summed E-state index contributed by atoms with van der Waals surface area (Å²) in [6.45, 7) is 0. The molecule has 0 bridgehead atoms. The van der Waals surface area contributed by atoms with E-state index < -0.39 is 0 Å². The summed E-state index contributed by atoms with van der Waals surface area (Å²) < 4.78 is 0. The SMILES string of the molecule is [C-]1=CC=CC1=CCc1ccccc1.[C-]1=CC=CC1=CCc1ccccc1.[Cl-].[Cl-].[Zr+4]. The minimum atomic E-state index is 0. The number of halogens is 2. The summed E-state index contributed by atoms with van der Waals surface area (Å²) in [5.41, 5.74) is 5.06. The van der Waals surface area contributed by atoms with Gasteiger partial charge in [-0.25, -0.2) is 0 Å². The Labute approximate surface area is 206 Å². The molecule has 3 heteroatoms. The molecule has 0 fully saturated rings. The molecule has 0 aliphatic heterocycles. The second kappa shape index (κ2) is 16.2. The van der Waals surface area contributed by atoms with Gasteiger partial charge in [0.25, 0.3) is 0 Å². The van der Waals surface area contributed by atoms with Crippen LogP contribution in [-0.2, 0) is 39.0 Å². The smallest absolute Gasteiger partial charge is 1.00 e. The molecule has 0 saturated carbocycles. The first-order chi connectivity index (χ1) is 12.9. The number of hydrogen-bond donors (Lipinski definition) is 0. The maximum Gasteiger partial charge on any atom is 4.00 e. The molecule has 0 saturated heterocycles. The normalized spacial score (nSPS) is 15.3. The molecule has 4 rings (SSSR count). The van der Waals surface area contributed by atoms with Crippen molar-refractivity contribution in [2.24, 2.45) is 0 Å². The Hall–Kier alpha value is -1.66. The molecule has 0 aromatic heterocycles. The molecule has 2 aliphatic rings. The number of rotatable bonds is 4. The Morgan fingerprint density at radius 2 is 0.966 bits per heavy atom. The van der Waals surface area contributed by atoms with Gasteiger partial charge in [-0.2, -0.15) is 59.8 Å². The monoisotopic (exact) mass is 494 g/mol. The van der Waals surface area contributed by atoms with Gasteiger partial charge in [0.2, 0.25) is 0 Å². The molecule has 0 atom stereocenters. The summed E-state index contributed by atoms with van der Waals surface area (Å²) >= 11 is 0. The summed E-state index contributed by atoms with van der Waals surface area (Å²) in [4.78, 5) is 0. The van der Waals surface area contributed by atoms with Gasteiger partial charge in [0, 0.05) is 0 Å². The molecule has 29 heavy (non-hydrogen) atoms. The summed E-state index contributed by atoms with van der Waals surface area (Å²) in [6, 6.07) is 20.9. The zero-order valence-electron chi connectivity index (χ0n) is 16.1. The Balaban J connectivity index is 0.000000490. The van der Waals surface area contributed by atoms with Gasteiger partial charge in [-0.15, -0.1) is 12.2 Å². The fourth-order valence-corrected chi connectivity index (χ4v) is 2.63. The van der Waals surface area contributed by atoms with Gasteiger partial charge in [0.1, 0.15) is 0 Å². The third kappa shape index (κ3) is 10.6. The van der Waals surface area contributed by atoms with E-state index >= 15 is 0 Å². The fraction of sp³-hybridized carbons (Fsp3) is 0.0769. The van der Waals surface area contributed by atoms with Gasteiger partial charge in [0.15, 0.2) is 0 Å². The fourth-order valence-electron chi connectivity index (χ4n) is 2.63. The Morgan fingerprint density at radius 1 is 0.586 bits per heavy atom. The van der Waals surface area contributed by atoms with Gasteiger partial charge < -0.3 is 24.8 Å². The van der Waals surface area contributed by atoms with Crippen molar-refractivity contribution in [2.45, 2.75) is 12.8 Å². The Morgan fingerprint density at radius 3 is 1.28 bits per heavy atom. The molecular formula is C26H22Cl2Zr. The summed E-state index contributed by atoms with van der Waals surface area (Å²) in [7, 11) is 0. The van der Waals surface area contributed by atoms with Crippen LogP contribution in [0, 0.1) is 12.2 Å². The minimum Gasteiger partial charge on any atom is -1.00 e. The van der Waals surface area contributed by atoms with E-state index in [0.29, 0.717) is 0 Å². The standard InChI is InChI=1S/2C13H11.2ClH.Zr/c2*1-2-6-12(7-3-1)10-11-13-8-4-5-9-13;;;/h2*1-8,11H,10H2;2*1H;/q2*-1;;;+4/p-2. The van der Waals surface area contributed by atoms with E-state index in [1.54, 1.807) is 0 Å². The topological polar surface area (TPSA) is 0 Å². The predicted octanol–water partition coefficient (Wildman–Crippen LogP) is 0.175. The number of benzene rings is 2. The van der Waals surface area contributed by atoms with Crippen LogP contribution in [0.3, 0.4) is 0 Å². The van der Waals surface area contributed by atoms with Crippen LogP contribution >= 0.6 is 0 Å². The maximum atomic E-state index is 3.15. The molecule has 2 aromatic rings. The predicted molar refractivity (Wildman–Crippen MR) is 110 cm³/mol.